The van der Waals surface area contributed by atoms with Crippen molar-refractivity contribution >= 4 is 15.9 Å². The van der Waals surface area contributed by atoms with E-state index in [1.54, 1.807) is 0 Å². The normalized spacial score (nSPS) is 23.3. The third-order valence-corrected chi connectivity index (χ3v) is 3.00. The lowest BCUT2D eigenvalue weighted by Crippen LogP contribution is -2.06. The van der Waals surface area contributed by atoms with E-state index >= 15 is 0 Å². The molecule has 0 amide bonds. The Morgan fingerprint density at radius 3 is 3.08 bits per heavy atom. The quantitative estimate of drug-likeness (QED) is 0.735. The monoisotopic (exact) mass is 230 g/mol. The Balaban J connectivity index is 2.26. The Hall–Kier alpha value is -0.350. The average Bonchev–Trinajstić information content (AvgIpc) is 2.64. The van der Waals surface area contributed by atoms with E-state index in [2.05, 4.69) is 25.5 Å². The van der Waals surface area contributed by atoms with Crippen LogP contribution < -0.4 is 0 Å². The molecule has 0 N–H and O–H groups in total. The third kappa shape index (κ3) is 1.29. The van der Waals surface area contributed by atoms with Gasteiger partial charge < -0.3 is 9.30 Å². The van der Waals surface area contributed by atoms with Crippen LogP contribution in [-0.2, 0) is 11.8 Å². The van der Waals surface area contributed by atoms with Gasteiger partial charge in [0.1, 0.15) is 10.4 Å². The summed E-state index contributed by atoms with van der Waals surface area (Å²) in [6, 6.07) is 0. The molecule has 1 aromatic heterocycles. The zero-order chi connectivity index (χ0) is 8.55. The molecule has 0 spiro atoms. The molecule has 66 valence electrons. The summed E-state index contributed by atoms with van der Waals surface area (Å²) in [6.45, 7) is 1.69. The van der Waals surface area contributed by atoms with Gasteiger partial charge >= 0.3 is 0 Å². The van der Waals surface area contributed by atoms with Crippen molar-refractivity contribution in [3.8, 4) is 0 Å². The van der Waals surface area contributed by atoms with Gasteiger partial charge in [-0.15, -0.1) is 0 Å². The van der Waals surface area contributed by atoms with Crippen LogP contribution in [0.4, 0.5) is 0 Å². The maximum absolute atomic E-state index is 5.31. The van der Waals surface area contributed by atoms with Gasteiger partial charge in [0, 0.05) is 19.6 Å². The minimum absolute atomic E-state index is 0.487. The number of imidazole rings is 1. The largest absolute Gasteiger partial charge is 0.381 e. The zero-order valence-corrected chi connectivity index (χ0v) is 8.54. The third-order valence-electron chi connectivity index (χ3n) is 2.26. The van der Waals surface area contributed by atoms with E-state index in [0.717, 1.165) is 30.1 Å². The van der Waals surface area contributed by atoms with Crippen LogP contribution in [0.3, 0.4) is 0 Å². The Kier molecular flexibility index (Phi) is 2.19. The first-order valence-electron chi connectivity index (χ1n) is 4.04. The number of hydrogen-bond donors (Lipinski definition) is 0. The SMILES string of the molecule is Cn1c(Br)cnc1C1CCOC1. The molecule has 1 atom stereocenters. The predicted molar refractivity (Wildman–Crippen MR) is 49.1 cm³/mol. The molecule has 3 nitrogen and oxygen atoms in total. The Bertz CT molecular complexity index is 279. The van der Waals surface area contributed by atoms with Crippen LogP contribution in [0.5, 0.6) is 0 Å². The molecule has 0 bridgehead atoms. The standard InChI is InChI=1S/C8H11BrN2O/c1-11-7(9)4-10-8(11)6-2-3-12-5-6/h4,6H,2-3,5H2,1H3. The first kappa shape index (κ1) is 8.26. The molecule has 12 heavy (non-hydrogen) atoms. The van der Waals surface area contributed by atoms with Gasteiger partial charge in [-0.05, 0) is 22.4 Å². The van der Waals surface area contributed by atoms with E-state index < -0.39 is 0 Å². The summed E-state index contributed by atoms with van der Waals surface area (Å²) >= 11 is 3.42. The van der Waals surface area contributed by atoms with Crippen LogP contribution in [-0.4, -0.2) is 22.8 Å². The van der Waals surface area contributed by atoms with E-state index in [0.29, 0.717) is 5.92 Å². The summed E-state index contributed by atoms with van der Waals surface area (Å²) < 4.78 is 8.41. The fourth-order valence-corrected chi connectivity index (χ4v) is 1.80. The van der Waals surface area contributed by atoms with Crippen molar-refractivity contribution in [2.24, 2.45) is 7.05 Å². The molecule has 2 heterocycles. The van der Waals surface area contributed by atoms with Crippen molar-refractivity contribution in [2.45, 2.75) is 12.3 Å². The molecule has 4 heteroatoms. The predicted octanol–water partition coefficient (Wildman–Crippen LogP) is 1.69. The van der Waals surface area contributed by atoms with Crippen molar-refractivity contribution < 1.29 is 4.74 Å². The summed E-state index contributed by atoms with van der Waals surface area (Å²) in [5.74, 6) is 1.61. The lowest BCUT2D eigenvalue weighted by Gasteiger charge is -2.07. The second kappa shape index (κ2) is 3.18. The Morgan fingerprint density at radius 1 is 1.75 bits per heavy atom. The molecule has 1 aliphatic heterocycles. The van der Waals surface area contributed by atoms with Crippen molar-refractivity contribution in [2.75, 3.05) is 13.2 Å². The average molecular weight is 231 g/mol. The molecule has 2 rings (SSSR count). The molecule has 0 aliphatic carbocycles. The second-order valence-corrected chi connectivity index (χ2v) is 3.87. The summed E-state index contributed by atoms with van der Waals surface area (Å²) in [4.78, 5) is 4.33. The zero-order valence-electron chi connectivity index (χ0n) is 6.96. The van der Waals surface area contributed by atoms with Gasteiger partial charge in [0.05, 0.1) is 12.8 Å². The van der Waals surface area contributed by atoms with Crippen LogP contribution in [0, 0.1) is 0 Å². The minimum Gasteiger partial charge on any atom is -0.381 e. The number of hydrogen-bond acceptors (Lipinski definition) is 2. The van der Waals surface area contributed by atoms with Crippen LogP contribution in [0.1, 0.15) is 18.2 Å². The van der Waals surface area contributed by atoms with Crippen LogP contribution >= 0.6 is 15.9 Å². The molecular weight excluding hydrogens is 220 g/mol. The van der Waals surface area contributed by atoms with Crippen molar-refractivity contribution in [1.29, 1.82) is 0 Å². The number of aromatic nitrogens is 2. The van der Waals surface area contributed by atoms with Crippen LogP contribution in [0.15, 0.2) is 10.8 Å². The second-order valence-electron chi connectivity index (χ2n) is 3.06. The number of rotatable bonds is 1. The fourth-order valence-electron chi connectivity index (χ4n) is 1.52. The smallest absolute Gasteiger partial charge is 0.114 e. The van der Waals surface area contributed by atoms with E-state index in [-0.39, 0.29) is 0 Å². The van der Waals surface area contributed by atoms with Crippen LogP contribution in [0.25, 0.3) is 0 Å². The maximum Gasteiger partial charge on any atom is 0.114 e. The van der Waals surface area contributed by atoms with Gasteiger partial charge in [0.2, 0.25) is 0 Å². The molecule has 0 saturated carbocycles. The molecule has 0 radical (unpaired) electrons. The topological polar surface area (TPSA) is 27.1 Å². The van der Waals surface area contributed by atoms with Gasteiger partial charge in [-0.2, -0.15) is 0 Å². The Morgan fingerprint density at radius 2 is 2.58 bits per heavy atom. The first-order valence-corrected chi connectivity index (χ1v) is 4.83. The minimum atomic E-state index is 0.487. The van der Waals surface area contributed by atoms with Gasteiger partial charge in [-0.25, -0.2) is 4.98 Å². The van der Waals surface area contributed by atoms with Gasteiger partial charge in [0.15, 0.2) is 0 Å². The molecule has 0 aromatic carbocycles. The van der Waals surface area contributed by atoms with Gasteiger partial charge in [0.25, 0.3) is 0 Å². The molecular formula is C8H11BrN2O. The van der Waals surface area contributed by atoms with Crippen molar-refractivity contribution in [1.82, 2.24) is 9.55 Å². The molecule has 1 fully saturated rings. The number of ether oxygens (including phenoxy) is 1. The van der Waals surface area contributed by atoms with E-state index in [1.807, 2.05) is 13.2 Å². The lowest BCUT2D eigenvalue weighted by molar-refractivity contribution is 0.193. The van der Waals surface area contributed by atoms with E-state index in [1.165, 1.54) is 0 Å². The summed E-state index contributed by atoms with van der Waals surface area (Å²) in [6.07, 6.45) is 2.94. The number of nitrogens with zero attached hydrogens (tertiary/aromatic N) is 2. The highest BCUT2D eigenvalue weighted by atomic mass is 79.9. The maximum atomic E-state index is 5.31. The lowest BCUT2D eigenvalue weighted by atomic mass is 10.1. The van der Waals surface area contributed by atoms with Crippen molar-refractivity contribution in [3.05, 3.63) is 16.6 Å². The summed E-state index contributed by atoms with van der Waals surface area (Å²) in [5, 5.41) is 0. The number of halogens is 1. The van der Waals surface area contributed by atoms with E-state index in [9.17, 15) is 0 Å². The highest BCUT2D eigenvalue weighted by Crippen LogP contribution is 2.25. The summed E-state index contributed by atoms with van der Waals surface area (Å²) in [5.41, 5.74) is 0. The highest BCUT2D eigenvalue weighted by Gasteiger charge is 2.21. The highest BCUT2D eigenvalue weighted by molar-refractivity contribution is 9.10. The van der Waals surface area contributed by atoms with Crippen LogP contribution in [0.2, 0.25) is 0 Å². The van der Waals surface area contributed by atoms with Gasteiger partial charge in [-0.3, -0.25) is 0 Å². The first-order chi connectivity index (χ1) is 5.79. The molecule has 1 unspecified atom stereocenters. The fraction of sp³-hybridized carbons (Fsp3) is 0.625. The van der Waals surface area contributed by atoms with Crippen molar-refractivity contribution in [3.63, 3.8) is 0 Å². The van der Waals surface area contributed by atoms with E-state index in [4.69, 9.17) is 4.74 Å². The Labute approximate surface area is 79.9 Å². The van der Waals surface area contributed by atoms with Gasteiger partial charge in [-0.1, -0.05) is 0 Å². The molecule has 1 saturated heterocycles. The summed E-state index contributed by atoms with van der Waals surface area (Å²) in [7, 11) is 2.02. The molecule has 1 aromatic rings. The molecule has 1 aliphatic rings.